The Hall–Kier alpha value is -2.94. The van der Waals surface area contributed by atoms with Crippen molar-refractivity contribution >= 4 is 22.5 Å². The molecule has 3 atom stereocenters. The first-order valence-electron chi connectivity index (χ1n) is 11.1. The molecule has 3 aromatic rings. The van der Waals surface area contributed by atoms with Crippen LogP contribution in [0.4, 0.5) is 24.8 Å². The van der Waals surface area contributed by atoms with E-state index in [4.69, 9.17) is 0 Å². The molecule has 1 N–H and O–H groups in total. The van der Waals surface area contributed by atoms with Crippen LogP contribution in [-0.4, -0.2) is 52.1 Å². The van der Waals surface area contributed by atoms with Crippen molar-refractivity contribution in [2.45, 2.75) is 52.2 Å². The third kappa shape index (κ3) is 4.59. The van der Waals surface area contributed by atoms with Gasteiger partial charge in [-0.15, -0.1) is 0 Å². The standard InChI is InChI=1S/C24H29F3N6/c1-13-11-33(12-14(2)32(13)5)21-9-19-20(10-28-21)30-16(4)31-24(19)29-15(3)17-7-6-8-18(22(17)25)23(26)27/h6-10,13-15,23H,11-12H2,1-5H3,(H,29,30,31)/t13-,14+,15-/m1/s1. The zero-order valence-corrected chi connectivity index (χ0v) is 19.5. The van der Waals surface area contributed by atoms with Crippen molar-refractivity contribution < 1.29 is 13.2 Å². The molecule has 3 heterocycles. The number of hydrogen-bond acceptors (Lipinski definition) is 6. The molecule has 6 nitrogen and oxygen atoms in total. The molecule has 1 fully saturated rings. The molecule has 0 bridgehead atoms. The van der Waals surface area contributed by atoms with Gasteiger partial charge in [-0.05, 0) is 40.8 Å². The average molecular weight is 459 g/mol. The van der Waals surface area contributed by atoms with Gasteiger partial charge in [-0.2, -0.15) is 0 Å². The molecule has 1 aliphatic heterocycles. The number of fused-ring (bicyclic) bond motifs is 1. The maximum atomic E-state index is 14.7. The van der Waals surface area contributed by atoms with Gasteiger partial charge in [0, 0.05) is 36.1 Å². The zero-order valence-electron chi connectivity index (χ0n) is 19.5. The van der Waals surface area contributed by atoms with Crippen molar-refractivity contribution in [2.75, 3.05) is 30.4 Å². The lowest BCUT2D eigenvalue weighted by atomic mass is 10.0. The molecule has 1 aliphatic rings. The lowest BCUT2D eigenvalue weighted by molar-refractivity contribution is 0.146. The van der Waals surface area contributed by atoms with Gasteiger partial charge in [0.1, 0.15) is 23.3 Å². The number of anilines is 2. The van der Waals surface area contributed by atoms with E-state index >= 15 is 0 Å². The first-order chi connectivity index (χ1) is 15.7. The monoisotopic (exact) mass is 458 g/mol. The summed E-state index contributed by atoms with van der Waals surface area (Å²) >= 11 is 0. The fraction of sp³-hybridized carbons (Fsp3) is 0.458. The van der Waals surface area contributed by atoms with Crippen LogP contribution in [0.25, 0.3) is 10.9 Å². The predicted octanol–water partition coefficient (Wildman–Crippen LogP) is 5.11. The second-order valence-electron chi connectivity index (χ2n) is 8.86. The van der Waals surface area contributed by atoms with Crippen LogP contribution in [0.3, 0.4) is 0 Å². The summed E-state index contributed by atoms with van der Waals surface area (Å²) in [7, 11) is 2.13. The second kappa shape index (κ2) is 9.13. The molecule has 9 heteroatoms. The number of nitrogens with one attached hydrogen (secondary N) is 1. The van der Waals surface area contributed by atoms with Gasteiger partial charge in [0.05, 0.1) is 23.3 Å². The molecular weight excluding hydrogens is 429 g/mol. The number of aryl methyl sites for hydroxylation is 1. The van der Waals surface area contributed by atoms with Crippen LogP contribution >= 0.6 is 0 Å². The summed E-state index contributed by atoms with van der Waals surface area (Å²) in [6.45, 7) is 9.56. The van der Waals surface area contributed by atoms with Gasteiger partial charge in [-0.1, -0.05) is 18.2 Å². The van der Waals surface area contributed by atoms with Crippen molar-refractivity contribution in [3.05, 3.63) is 53.2 Å². The fourth-order valence-electron chi connectivity index (χ4n) is 4.37. The summed E-state index contributed by atoms with van der Waals surface area (Å²) in [5.41, 5.74) is 0.223. The number of aromatic nitrogens is 3. The highest BCUT2D eigenvalue weighted by Gasteiger charge is 2.28. The minimum Gasteiger partial charge on any atom is -0.363 e. The summed E-state index contributed by atoms with van der Waals surface area (Å²) in [4.78, 5) is 18.2. The Balaban J connectivity index is 1.69. The summed E-state index contributed by atoms with van der Waals surface area (Å²) in [5, 5.41) is 3.97. The van der Waals surface area contributed by atoms with E-state index in [0.717, 1.165) is 30.4 Å². The topological polar surface area (TPSA) is 57.2 Å². The molecule has 0 unspecified atom stereocenters. The number of alkyl halides is 2. The molecule has 0 spiro atoms. The maximum absolute atomic E-state index is 14.7. The van der Waals surface area contributed by atoms with Gasteiger partial charge in [0.25, 0.3) is 6.43 Å². The number of nitrogens with zero attached hydrogens (tertiary/aromatic N) is 5. The van der Waals surface area contributed by atoms with E-state index in [1.165, 1.54) is 12.1 Å². The minimum absolute atomic E-state index is 0.160. The Morgan fingerprint density at radius 3 is 2.42 bits per heavy atom. The molecular formula is C24H29F3N6. The van der Waals surface area contributed by atoms with Gasteiger partial charge < -0.3 is 10.2 Å². The molecule has 1 aromatic carbocycles. The van der Waals surface area contributed by atoms with Crippen LogP contribution in [0.1, 0.15) is 50.2 Å². The largest absolute Gasteiger partial charge is 0.363 e. The third-order valence-corrected chi connectivity index (χ3v) is 6.48. The van der Waals surface area contributed by atoms with E-state index in [0.29, 0.717) is 29.2 Å². The smallest absolute Gasteiger partial charge is 0.266 e. The number of hydrogen-bond donors (Lipinski definition) is 1. The Bertz CT molecular complexity index is 1140. The summed E-state index contributed by atoms with van der Waals surface area (Å²) in [6.07, 6.45) is -1.15. The van der Waals surface area contributed by atoms with Crippen LogP contribution in [0.5, 0.6) is 0 Å². The number of likely N-dealkylation sites (N-methyl/N-ethyl adjacent to an activating group) is 1. The molecule has 176 valence electrons. The Kier molecular flexibility index (Phi) is 6.43. The maximum Gasteiger partial charge on any atom is 0.266 e. The second-order valence-corrected chi connectivity index (χ2v) is 8.86. The molecule has 0 radical (unpaired) electrons. The van der Waals surface area contributed by atoms with Crippen molar-refractivity contribution in [2.24, 2.45) is 0 Å². The van der Waals surface area contributed by atoms with Crippen molar-refractivity contribution in [1.29, 1.82) is 0 Å². The lowest BCUT2D eigenvalue weighted by Gasteiger charge is -2.43. The van der Waals surface area contributed by atoms with E-state index in [9.17, 15) is 13.2 Å². The molecule has 0 amide bonds. The SMILES string of the molecule is Cc1nc(N[C@H](C)c2cccc(C(F)F)c2F)c2cc(N3C[C@@H](C)N(C)[C@@H](C)C3)ncc2n1. The molecule has 4 rings (SSSR count). The van der Waals surface area contributed by atoms with Crippen molar-refractivity contribution in [3.63, 3.8) is 0 Å². The number of pyridine rings is 1. The molecule has 33 heavy (non-hydrogen) atoms. The third-order valence-electron chi connectivity index (χ3n) is 6.48. The molecule has 1 saturated heterocycles. The van der Waals surface area contributed by atoms with E-state index in [2.05, 4.69) is 51.0 Å². The highest BCUT2D eigenvalue weighted by atomic mass is 19.3. The Morgan fingerprint density at radius 1 is 1.09 bits per heavy atom. The van der Waals surface area contributed by atoms with Crippen molar-refractivity contribution in [3.8, 4) is 0 Å². The predicted molar refractivity (Wildman–Crippen MR) is 124 cm³/mol. The van der Waals surface area contributed by atoms with Crippen LogP contribution in [-0.2, 0) is 0 Å². The number of rotatable bonds is 5. The first kappa shape index (κ1) is 23.2. The Labute approximate surface area is 191 Å². The molecule has 0 saturated carbocycles. The molecule has 0 aliphatic carbocycles. The highest BCUT2D eigenvalue weighted by Crippen LogP contribution is 2.31. The van der Waals surface area contributed by atoms with Crippen LogP contribution in [0, 0.1) is 12.7 Å². The van der Waals surface area contributed by atoms with Gasteiger partial charge in [0.15, 0.2) is 0 Å². The van der Waals surface area contributed by atoms with Gasteiger partial charge in [0.2, 0.25) is 0 Å². The average Bonchev–Trinajstić information content (AvgIpc) is 2.76. The normalized spacial score (nSPS) is 20.5. The number of halogens is 3. The summed E-state index contributed by atoms with van der Waals surface area (Å²) in [6, 6.07) is 6.18. The summed E-state index contributed by atoms with van der Waals surface area (Å²) < 4.78 is 41.0. The number of piperazine rings is 1. The van der Waals surface area contributed by atoms with Crippen LogP contribution in [0.2, 0.25) is 0 Å². The fourth-order valence-corrected chi connectivity index (χ4v) is 4.37. The Morgan fingerprint density at radius 2 is 1.76 bits per heavy atom. The first-order valence-corrected chi connectivity index (χ1v) is 11.1. The number of benzene rings is 1. The van der Waals surface area contributed by atoms with Crippen LogP contribution in [0.15, 0.2) is 30.5 Å². The lowest BCUT2D eigenvalue weighted by Crippen LogP contribution is -2.55. The van der Waals surface area contributed by atoms with E-state index in [-0.39, 0.29) is 5.56 Å². The zero-order chi connectivity index (χ0) is 23.9. The van der Waals surface area contributed by atoms with E-state index in [1.54, 1.807) is 20.0 Å². The van der Waals surface area contributed by atoms with Crippen molar-refractivity contribution in [1.82, 2.24) is 19.9 Å². The molecule has 2 aromatic heterocycles. The van der Waals surface area contributed by atoms with Gasteiger partial charge in [-0.3, -0.25) is 4.90 Å². The quantitative estimate of drug-likeness (QED) is 0.573. The highest BCUT2D eigenvalue weighted by molar-refractivity contribution is 5.90. The van der Waals surface area contributed by atoms with E-state index in [1.807, 2.05) is 6.07 Å². The van der Waals surface area contributed by atoms with Gasteiger partial charge in [-0.25, -0.2) is 28.1 Å². The summed E-state index contributed by atoms with van der Waals surface area (Å²) in [5.74, 6) is 0.981. The van der Waals surface area contributed by atoms with Gasteiger partial charge >= 0.3 is 0 Å². The van der Waals surface area contributed by atoms with E-state index < -0.39 is 23.8 Å². The minimum atomic E-state index is -2.87. The van der Waals surface area contributed by atoms with Crippen LogP contribution < -0.4 is 10.2 Å².